The van der Waals surface area contributed by atoms with Crippen molar-refractivity contribution in [2.45, 2.75) is 38.9 Å². The van der Waals surface area contributed by atoms with Crippen molar-refractivity contribution in [3.8, 4) is 0 Å². The highest BCUT2D eigenvalue weighted by Crippen LogP contribution is 2.20. The number of hydrazine groups is 1. The van der Waals surface area contributed by atoms with Crippen molar-refractivity contribution < 1.29 is 9.59 Å². The van der Waals surface area contributed by atoms with E-state index in [4.69, 9.17) is 0 Å². The fraction of sp³-hybridized carbons (Fsp3) is 0.588. The minimum absolute atomic E-state index is 0.0201. The summed E-state index contributed by atoms with van der Waals surface area (Å²) in [4.78, 5) is 30.5. The van der Waals surface area contributed by atoms with Gasteiger partial charge in [0.1, 0.15) is 0 Å². The van der Waals surface area contributed by atoms with Gasteiger partial charge in [-0.05, 0) is 26.0 Å². The number of carbonyl (C=O) groups excluding carboxylic acids is 2. The second kappa shape index (κ2) is 7.27. The van der Waals surface area contributed by atoms with Gasteiger partial charge in [-0.3, -0.25) is 25.4 Å². The van der Waals surface area contributed by atoms with Crippen molar-refractivity contribution in [2.24, 2.45) is 11.8 Å². The normalized spacial score (nSPS) is 29.9. The van der Waals surface area contributed by atoms with E-state index in [0.29, 0.717) is 37.6 Å². The first-order valence-electron chi connectivity index (χ1n) is 8.51. The molecule has 24 heavy (non-hydrogen) atoms. The van der Waals surface area contributed by atoms with Crippen LogP contribution in [0.5, 0.6) is 0 Å². The number of hydrogen-bond acceptors (Lipinski definition) is 5. The van der Waals surface area contributed by atoms with Gasteiger partial charge in [-0.1, -0.05) is 6.07 Å². The van der Waals surface area contributed by atoms with E-state index in [1.54, 1.807) is 11.1 Å². The van der Waals surface area contributed by atoms with Gasteiger partial charge in [-0.25, -0.2) is 0 Å². The fourth-order valence-electron chi connectivity index (χ4n) is 3.41. The van der Waals surface area contributed by atoms with E-state index in [1.165, 1.54) is 0 Å². The van der Waals surface area contributed by atoms with Crippen LogP contribution < -0.4 is 16.2 Å². The molecule has 0 spiro atoms. The Morgan fingerprint density at radius 1 is 1.33 bits per heavy atom. The number of aromatic nitrogens is 1. The average molecular weight is 331 g/mol. The third-order valence-corrected chi connectivity index (χ3v) is 5.00. The average Bonchev–Trinajstić information content (AvgIpc) is 3.09. The van der Waals surface area contributed by atoms with Gasteiger partial charge >= 0.3 is 0 Å². The Bertz CT molecular complexity index is 584. The molecule has 7 nitrogen and oxygen atoms in total. The lowest BCUT2D eigenvalue weighted by Gasteiger charge is -2.20. The summed E-state index contributed by atoms with van der Waals surface area (Å²) < 4.78 is 0. The summed E-state index contributed by atoms with van der Waals surface area (Å²) in [7, 11) is 0. The van der Waals surface area contributed by atoms with E-state index >= 15 is 0 Å². The number of hydrogen-bond donors (Lipinski definition) is 3. The van der Waals surface area contributed by atoms with Crippen LogP contribution in [-0.2, 0) is 16.1 Å². The number of likely N-dealkylation sites (tertiary alicyclic amines) is 1. The number of carbonyl (C=O) groups is 2. The van der Waals surface area contributed by atoms with Crippen molar-refractivity contribution in [1.29, 1.82) is 0 Å². The summed E-state index contributed by atoms with van der Waals surface area (Å²) in [5, 5.41) is 3.02. The van der Waals surface area contributed by atoms with Crippen molar-refractivity contribution in [2.75, 3.05) is 13.1 Å². The van der Waals surface area contributed by atoms with Gasteiger partial charge in [0, 0.05) is 43.7 Å². The minimum atomic E-state index is -0.269. The van der Waals surface area contributed by atoms with Crippen LogP contribution in [0, 0.1) is 11.8 Å². The molecular weight excluding hydrogens is 306 g/mol. The summed E-state index contributed by atoms with van der Waals surface area (Å²) in [6.07, 6.45) is 2.00. The summed E-state index contributed by atoms with van der Waals surface area (Å²) in [6.45, 7) is 5.75. The monoisotopic (exact) mass is 331 g/mol. The van der Waals surface area contributed by atoms with E-state index in [1.807, 2.05) is 18.2 Å². The lowest BCUT2D eigenvalue weighted by molar-refractivity contribution is -0.129. The number of rotatable bonds is 5. The number of nitrogens with one attached hydrogen (secondary N) is 3. The first-order valence-corrected chi connectivity index (χ1v) is 8.51. The third-order valence-electron chi connectivity index (χ3n) is 5.00. The molecule has 0 radical (unpaired) electrons. The Balaban J connectivity index is 1.50. The predicted octanol–water partition coefficient (Wildman–Crippen LogP) is 0.0473. The number of nitrogens with zero attached hydrogens (tertiary/aromatic N) is 2. The molecule has 3 unspecified atom stereocenters. The highest BCUT2D eigenvalue weighted by molar-refractivity contribution is 5.89. The molecule has 0 saturated carbocycles. The van der Waals surface area contributed by atoms with Crippen molar-refractivity contribution in [3.63, 3.8) is 0 Å². The van der Waals surface area contributed by atoms with Gasteiger partial charge in [-0.2, -0.15) is 0 Å². The molecule has 0 bridgehead atoms. The van der Waals surface area contributed by atoms with E-state index in [0.717, 1.165) is 5.69 Å². The largest absolute Gasteiger partial charge is 0.355 e. The van der Waals surface area contributed by atoms with Crippen LogP contribution in [0.25, 0.3) is 0 Å². The highest BCUT2D eigenvalue weighted by Gasteiger charge is 2.36. The molecule has 3 heterocycles. The molecule has 1 aromatic rings. The maximum Gasteiger partial charge on any atom is 0.225 e. The summed E-state index contributed by atoms with van der Waals surface area (Å²) in [5.41, 5.74) is 7.21. The quantitative estimate of drug-likeness (QED) is 0.710. The van der Waals surface area contributed by atoms with E-state index < -0.39 is 0 Å². The van der Waals surface area contributed by atoms with E-state index in [9.17, 15) is 9.59 Å². The molecular formula is C17H25N5O2. The Labute approximate surface area is 142 Å². The topological polar surface area (TPSA) is 86.4 Å². The maximum atomic E-state index is 12.4. The molecule has 2 aliphatic heterocycles. The Morgan fingerprint density at radius 3 is 2.75 bits per heavy atom. The minimum Gasteiger partial charge on any atom is -0.355 e. The highest BCUT2D eigenvalue weighted by atomic mass is 16.2. The summed E-state index contributed by atoms with van der Waals surface area (Å²) >= 11 is 0. The van der Waals surface area contributed by atoms with Gasteiger partial charge in [0.15, 0.2) is 0 Å². The van der Waals surface area contributed by atoms with Crippen molar-refractivity contribution >= 4 is 11.8 Å². The van der Waals surface area contributed by atoms with Gasteiger partial charge in [0.05, 0.1) is 18.2 Å². The lowest BCUT2D eigenvalue weighted by Crippen LogP contribution is -2.40. The zero-order chi connectivity index (χ0) is 17.1. The molecule has 7 heteroatoms. The molecule has 0 aromatic carbocycles. The van der Waals surface area contributed by atoms with Gasteiger partial charge < -0.3 is 10.2 Å². The predicted molar refractivity (Wildman–Crippen MR) is 89.5 cm³/mol. The standard InChI is InChI=1S/C17H25N5O2/c1-11-15(12(2)21-20-11)8-19-17(24)13-7-16(23)22(9-13)10-14-5-3-4-6-18-14/h3-6,11-13,15,20-21H,7-10H2,1-2H3,(H,19,24). The maximum absolute atomic E-state index is 12.4. The Kier molecular flexibility index (Phi) is 5.11. The van der Waals surface area contributed by atoms with Gasteiger partial charge in [0.2, 0.25) is 11.8 Å². The van der Waals surface area contributed by atoms with E-state index in [-0.39, 0.29) is 24.2 Å². The van der Waals surface area contributed by atoms with Crippen LogP contribution in [0.15, 0.2) is 24.4 Å². The molecule has 2 amide bonds. The SMILES string of the molecule is CC1NNC(C)C1CNC(=O)C1CC(=O)N(Cc2ccccn2)C1. The van der Waals surface area contributed by atoms with Crippen LogP contribution in [0.4, 0.5) is 0 Å². The summed E-state index contributed by atoms with van der Waals surface area (Å²) in [5.74, 6) is 0.0646. The summed E-state index contributed by atoms with van der Waals surface area (Å²) in [6, 6.07) is 6.26. The molecule has 1 aromatic heterocycles. The fourth-order valence-corrected chi connectivity index (χ4v) is 3.41. The van der Waals surface area contributed by atoms with Crippen LogP contribution in [0.1, 0.15) is 26.0 Å². The molecule has 3 atom stereocenters. The smallest absolute Gasteiger partial charge is 0.225 e. The molecule has 2 fully saturated rings. The lowest BCUT2D eigenvalue weighted by atomic mass is 9.96. The zero-order valence-electron chi connectivity index (χ0n) is 14.2. The van der Waals surface area contributed by atoms with Gasteiger partial charge in [-0.15, -0.1) is 0 Å². The van der Waals surface area contributed by atoms with Crippen LogP contribution in [0.3, 0.4) is 0 Å². The van der Waals surface area contributed by atoms with Crippen molar-refractivity contribution in [1.82, 2.24) is 26.1 Å². The van der Waals surface area contributed by atoms with Gasteiger partial charge in [0.25, 0.3) is 0 Å². The first-order chi connectivity index (χ1) is 11.5. The molecule has 3 rings (SSSR count). The molecule has 2 aliphatic rings. The second-order valence-electron chi connectivity index (χ2n) is 6.77. The zero-order valence-corrected chi connectivity index (χ0v) is 14.2. The molecule has 2 saturated heterocycles. The number of pyridine rings is 1. The van der Waals surface area contributed by atoms with Crippen LogP contribution in [-0.4, -0.2) is 46.9 Å². The van der Waals surface area contributed by atoms with Crippen molar-refractivity contribution in [3.05, 3.63) is 30.1 Å². The Morgan fingerprint density at radius 2 is 2.08 bits per heavy atom. The second-order valence-corrected chi connectivity index (χ2v) is 6.77. The van der Waals surface area contributed by atoms with E-state index in [2.05, 4.69) is 35.0 Å². The molecule has 130 valence electrons. The molecule has 0 aliphatic carbocycles. The Hall–Kier alpha value is -1.99. The van der Waals surface area contributed by atoms with Crippen LogP contribution in [0.2, 0.25) is 0 Å². The number of amides is 2. The first kappa shape index (κ1) is 16.9. The third kappa shape index (κ3) is 3.73. The van der Waals surface area contributed by atoms with Crippen LogP contribution >= 0.6 is 0 Å². The molecule has 3 N–H and O–H groups in total.